The Morgan fingerprint density at radius 2 is 2.07 bits per heavy atom. The van der Waals surface area contributed by atoms with Gasteiger partial charge < -0.3 is 10.1 Å². The Labute approximate surface area is 174 Å². The fourth-order valence-corrected chi connectivity index (χ4v) is 4.97. The largest absolute Gasteiger partial charge is 0.466 e. The SMILES string of the molecule is CCOC(=O)Cc1csc(SCC(=O)N[C@H](C)c2ccc3c(c2)CCCC3)n1. The second-order valence-electron chi connectivity index (χ2n) is 6.90. The van der Waals surface area contributed by atoms with Gasteiger partial charge in [0.05, 0.1) is 30.5 Å². The van der Waals surface area contributed by atoms with Gasteiger partial charge in [0, 0.05) is 5.38 Å². The number of thiazole rings is 1. The molecule has 1 aromatic heterocycles. The number of nitrogens with zero attached hydrogens (tertiary/aromatic N) is 1. The molecule has 0 fully saturated rings. The van der Waals surface area contributed by atoms with Crippen molar-refractivity contribution >= 4 is 35.0 Å². The summed E-state index contributed by atoms with van der Waals surface area (Å²) in [7, 11) is 0. The van der Waals surface area contributed by atoms with E-state index < -0.39 is 0 Å². The number of aryl methyl sites for hydroxylation is 2. The van der Waals surface area contributed by atoms with Crippen LogP contribution in [0.5, 0.6) is 0 Å². The van der Waals surface area contributed by atoms with Gasteiger partial charge in [-0.05, 0) is 56.2 Å². The number of benzene rings is 1. The van der Waals surface area contributed by atoms with Gasteiger partial charge in [0.2, 0.25) is 5.91 Å². The van der Waals surface area contributed by atoms with Crippen molar-refractivity contribution in [1.29, 1.82) is 0 Å². The van der Waals surface area contributed by atoms with E-state index in [-0.39, 0.29) is 24.3 Å². The van der Waals surface area contributed by atoms with Crippen molar-refractivity contribution in [2.75, 3.05) is 12.4 Å². The molecule has 7 heteroatoms. The maximum Gasteiger partial charge on any atom is 0.311 e. The van der Waals surface area contributed by atoms with Crippen LogP contribution in [0.15, 0.2) is 27.9 Å². The van der Waals surface area contributed by atoms with Gasteiger partial charge in [-0.1, -0.05) is 30.0 Å². The number of thioether (sulfide) groups is 1. The lowest BCUT2D eigenvalue weighted by molar-refractivity contribution is -0.142. The van der Waals surface area contributed by atoms with E-state index >= 15 is 0 Å². The Morgan fingerprint density at radius 1 is 1.29 bits per heavy atom. The highest BCUT2D eigenvalue weighted by Crippen LogP contribution is 2.26. The van der Waals surface area contributed by atoms with E-state index in [4.69, 9.17) is 4.74 Å². The number of hydrogen-bond donors (Lipinski definition) is 1. The number of aromatic nitrogens is 1. The molecule has 1 heterocycles. The van der Waals surface area contributed by atoms with Crippen molar-refractivity contribution in [2.24, 2.45) is 0 Å². The summed E-state index contributed by atoms with van der Waals surface area (Å²) in [5.74, 6) is 0.0140. The molecular formula is C21H26N2O3S2. The second-order valence-corrected chi connectivity index (χ2v) is 8.98. The lowest BCUT2D eigenvalue weighted by Crippen LogP contribution is -2.28. The fraction of sp³-hybridized carbons (Fsp3) is 0.476. The number of fused-ring (bicyclic) bond motifs is 1. The van der Waals surface area contributed by atoms with Crippen molar-refractivity contribution in [3.05, 3.63) is 46.0 Å². The van der Waals surface area contributed by atoms with Gasteiger partial charge >= 0.3 is 5.97 Å². The van der Waals surface area contributed by atoms with E-state index in [9.17, 15) is 9.59 Å². The zero-order chi connectivity index (χ0) is 19.9. The summed E-state index contributed by atoms with van der Waals surface area (Å²) in [6.45, 7) is 4.17. The molecule has 0 saturated carbocycles. The molecule has 2 aromatic rings. The third-order valence-electron chi connectivity index (χ3n) is 4.74. The Balaban J connectivity index is 1.48. The van der Waals surface area contributed by atoms with Crippen molar-refractivity contribution < 1.29 is 14.3 Å². The first-order chi connectivity index (χ1) is 13.5. The van der Waals surface area contributed by atoms with Crippen LogP contribution in [0.25, 0.3) is 0 Å². The number of nitrogens with one attached hydrogen (secondary N) is 1. The molecule has 0 saturated heterocycles. The van der Waals surface area contributed by atoms with Crippen molar-refractivity contribution in [3.8, 4) is 0 Å². The van der Waals surface area contributed by atoms with Crippen LogP contribution in [0.3, 0.4) is 0 Å². The normalized spacial score (nSPS) is 14.2. The molecule has 0 aliphatic heterocycles. The van der Waals surface area contributed by atoms with Crippen LogP contribution in [0.1, 0.15) is 55.1 Å². The van der Waals surface area contributed by atoms with Crippen LogP contribution in [-0.4, -0.2) is 29.2 Å². The minimum Gasteiger partial charge on any atom is -0.466 e. The van der Waals surface area contributed by atoms with E-state index in [0.717, 1.165) is 16.3 Å². The van der Waals surface area contributed by atoms with Crippen LogP contribution in [0.4, 0.5) is 0 Å². The zero-order valence-electron chi connectivity index (χ0n) is 16.3. The number of ether oxygens (including phenoxy) is 1. The molecule has 1 amide bonds. The number of esters is 1. The highest BCUT2D eigenvalue weighted by atomic mass is 32.2. The molecule has 1 N–H and O–H groups in total. The number of carbonyl (C=O) groups is 2. The molecule has 150 valence electrons. The van der Waals surface area contributed by atoms with E-state index in [1.165, 1.54) is 53.5 Å². The average Bonchev–Trinajstić information content (AvgIpc) is 3.13. The second kappa shape index (κ2) is 10.1. The minimum absolute atomic E-state index is 0.0163. The smallest absolute Gasteiger partial charge is 0.311 e. The van der Waals surface area contributed by atoms with Gasteiger partial charge in [-0.15, -0.1) is 11.3 Å². The molecule has 3 rings (SSSR count). The average molecular weight is 419 g/mol. The molecule has 1 aliphatic carbocycles. The number of hydrogen-bond acceptors (Lipinski definition) is 6. The van der Waals surface area contributed by atoms with Gasteiger partial charge in [-0.2, -0.15) is 0 Å². The van der Waals surface area contributed by atoms with E-state index in [0.29, 0.717) is 18.1 Å². The minimum atomic E-state index is -0.277. The van der Waals surface area contributed by atoms with Crippen LogP contribution >= 0.6 is 23.1 Å². The first-order valence-electron chi connectivity index (χ1n) is 9.69. The van der Waals surface area contributed by atoms with Crippen molar-refractivity contribution in [3.63, 3.8) is 0 Å². The molecule has 0 bridgehead atoms. The topological polar surface area (TPSA) is 68.3 Å². The highest BCUT2D eigenvalue weighted by molar-refractivity contribution is 8.01. The van der Waals surface area contributed by atoms with E-state index in [1.54, 1.807) is 6.92 Å². The molecule has 28 heavy (non-hydrogen) atoms. The van der Waals surface area contributed by atoms with Crippen LogP contribution in [-0.2, 0) is 33.6 Å². The summed E-state index contributed by atoms with van der Waals surface area (Å²) >= 11 is 2.84. The maximum atomic E-state index is 12.3. The summed E-state index contributed by atoms with van der Waals surface area (Å²) in [6, 6.07) is 6.57. The van der Waals surface area contributed by atoms with Crippen LogP contribution in [0.2, 0.25) is 0 Å². The molecule has 0 spiro atoms. The summed E-state index contributed by atoms with van der Waals surface area (Å²) in [4.78, 5) is 28.2. The lowest BCUT2D eigenvalue weighted by atomic mass is 9.89. The molecule has 1 atom stereocenters. The monoisotopic (exact) mass is 418 g/mol. The van der Waals surface area contributed by atoms with Gasteiger partial charge in [-0.3, -0.25) is 9.59 Å². The standard InChI is InChI=1S/C21H26N2O3S2/c1-3-26-20(25)11-18-12-27-21(23-18)28-13-19(24)22-14(2)16-9-8-15-6-4-5-7-17(15)10-16/h8-10,12,14H,3-7,11,13H2,1-2H3,(H,22,24)/t14-/m1/s1. The summed E-state index contributed by atoms with van der Waals surface area (Å²) in [5, 5.41) is 4.91. The summed E-state index contributed by atoms with van der Waals surface area (Å²) < 4.78 is 5.72. The molecule has 1 aromatic carbocycles. The van der Waals surface area contributed by atoms with E-state index in [1.807, 2.05) is 12.3 Å². The third kappa shape index (κ3) is 5.82. The number of amides is 1. The number of rotatable bonds is 8. The molecular weight excluding hydrogens is 392 g/mol. The molecule has 5 nitrogen and oxygen atoms in total. The first-order valence-corrected chi connectivity index (χ1v) is 11.6. The Kier molecular flexibility index (Phi) is 7.50. The van der Waals surface area contributed by atoms with Crippen molar-refractivity contribution in [1.82, 2.24) is 10.3 Å². The lowest BCUT2D eigenvalue weighted by Gasteiger charge is -2.20. The van der Waals surface area contributed by atoms with Gasteiger partial charge in [0.25, 0.3) is 0 Å². The predicted octanol–water partition coefficient (Wildman–Crippen LogP) is 4.10. The fourth-order valence-electron chi connectivity index (χ4n) is 3.31. The van der Waals surface area contributed by atoms with Crippen LogP contribution in [0, 0.1) is 0 Å². The van der Waals surface area contributed by atoms with Crippen molar-refractivity contribution in [2.45, 2.75) is 56.3 Å². The van der Waals surface area contributed by atoms with Crippen LogP contribution < -0.4 is 5.32 Å². The van der Waals surface area contributed by atoms with Gasteiger partial charge in [0.1, 0.15) is 0 Å². The van der Waals surface area contributed by atoms with Gasteiger partial charge in [-0.25, -0.2) is 4.98 Å². The maximum absolute atomic E-state index is 12.3. The van der Waals surface area contributed by atoms with Gasteiger partial charge in [0.15, 0.2) is 4.34 Å². The Bertz CT molecular complexity index is 835. The first kappa shape index (κ1) is 20.9. The molecule has 0 unspecified atom stereocenters. The quantitative estimate of drug-likeness (QED) is 0.516. The Hall–Kier alpha value is -1.86. The van der Waals surface area contributed by atoms with E-state index in [2.05, 4.69) is 28.5 Å². The predicted molar refractivity (Wildman–Crippen MR) is 113 cm³/mol. The summed E-state index contributed by atoms with van der Waals surface area (Å²) in [6.07, 6.45) is 5.00. The summed E-state index contributed by atoms with van der Waals surface area (Å²) in [5.41, 5.74) is 4.72. The molecule has 0 radical (unpaired) electrons. The Morgan fingerprint density at radius 3 is 2.86 bits per heavy atom. The highest BCUT2D eigenvalue weighted by Gasteiger charge is 2.15. The third-order valence-corrected chi connectivity index (χ3v) is 6.81. The molecule has 1 aliphatic rings. The number of carbonyl (C=O) groups excluding carboxylic acids is 2. The zero-order valence-corrected chi connectivity index (χ0v) is 18.0.